The van der Waals surface area contributed by atoms with E-state index >= 15 is 0 Å². The average molecular weight is 444 g/mol. The van der Waals surface area contributed by atoms with Crippen molar-refractivity contribution in [1.29, 1.82) is 0 Å². The molecule has 1 N–H and O–H groups in total. The van der Waals surface area contributed by atoms with Gasteiger partial charge in [-0.05, 0) is 74.1 Å². The van der Waals surface area contributed by atoms with Crippen LogP contribution in [0.25, 0.3) is 0 Å². The van der Waals surface area contributed by atoms with Gasteiger partial charge in [0.05, 0.1) is 42.8 Å². The number of rotatable bonds is 6. The van der Waals surface area contributed by atoms with Crippen molar-refractivity contribution in [2.75, 3.05) is 0 Å². The Morgan fingerprint density at radius 3 is 2.50 bits per heavy atom. The Hall–Kier alpha value is -3.45. The van der Waals surface area contributed by atoms with Crippen LogP contribution in [0.2, 0.25) is 0 Å². The summed E-state index contributed by atoms with van der Waals surface area (Å²) in [4.78, 5) is 11.4. The lowest BCUT2D eigenvalue weighted by atomic mass is 9.96. The Bertz CT molecular complexity index is 1200. The average Bonchev–Trinajstić information content (AvgIpc) is 3.51. The summed E-state index contributed by atoms with van der Waals surface area (Å²) in [6.45, 7) is 5.63. The van der Waals surface area contributed by atoms with E-state index in [1.807, 2.05) is 54.9 Å². The van der Waals surface area contributed by atoms with Gasteiger partial charge in [0.15, 0.2) is 5.11 Å². The fourth-order valence-corrected chi connectivity index (χ4v) is 4.81. The first-order valence-electron chi connectivity index (χ1n) is 10.7. The van der Waals surface area contributed by atoms with Crippen molar-refractivity contribution in [3.8, 4) is 0 Å². The zero-order chi connectivity index (χ0) is 22.1. The highest BCUT2D eigenvalue weighted by atomic mass is 32.1. The van der Waals surface area contributed by atoms with Gasteiger partial charge in [-0.15, -0.1) is 0 Å². The molecule has 5 heterocycles. The number of aromatic nitrogens is 3. The molecule has 0 amide bonds. The smallest absolute Gasteiger partial charge is 0.170 e. The molecule has 0 spiro atoms. The minimum absolute atomic E-state index is 0.00374. The van der Waals surface area contributed by atoms with Gasteiger partial charge in [-0.2, -0.15) is 0 Å². The fourth-order valence-electron chi connectivity index (χ4n) is 4.51. The van der Waals surface area contributed by atoms with Gasteiger partial charge in [0.2, 0.25) is 0 Å². The SMILES string of the molecule is Cc1cc(C2C(c3ccccn3)NC(=S)N2Cc2ccccn2)c(C)n1Cc1ccco1. The Balaban J connectivity index is 1.57. The van der Waals surface area contributed by atoms with Crippen molar-refractivity contribution in [3.05, 3.63) is 107 Å². The van der Waals surface area contributed by atoms with Crippen LogP contribution in [0.1, 0.15) is 46.2 Å². The van der Waals surface area contributed by atoms with E-state index in [1.54, 1.807) is 6.26 Å². The topological polar surface area (TPSA) is 59.1 Å². The lowest BCUT2D eigenvalue weighted by Gasteiger charge is -2.28. The quantitative estimate of drug-likeness (QED) is 0.436. The van der Waals surface area contributed by atoms with Gasteiger partial charge in [-0.25, -0.2) is 0 Å². The summed E-state index contributed by atoms with van der Waals surface area (Å²) in [6.07, 6.45) is 5.37. The largest absolute Gasteiger partial charge is 0.467 e. The van der Waals surface area contributed by atoms with E-state index in [1.165, 1.54) is 17.0 Å². The molecule has 1 aliphatic heterocycles. The van der Waals surface area contributed by atoms with Gasteiger partial charge in [0.1, 0.15) is 5.76 Å². The molecule has 2 atom stereocenters. The molecule has 1 fully saturated rings. The Morgan fingerprint density at radius 2 is 1.81 bits per heavy atom. The fraction of sp³-hybridized carbons (Fsp3) is 0.240. The van der Waals surface area contributed by atoms with Crippen molar-refractivity contribution in [1.82, 2.24) is 24.8 Å². The lowest BCUT2D eigenvalue weighted by molar-refractivity contribution is 0.307. The van der Waals surface area contributed by atoms with Gasteiger partial charge in [0.25, 0.3) is 0 Å². The van der Waals surface area contributed by atoms with Gasteiger partial charge in [-0.3, -0.25) is 9.97 Å². The molecular weight excluding hydrogens is 418 g/mol. The molecule has 0 aliphatic carbocycles. The van der Waals surface area contributed by atoms with Crippen LogP contribution in [0.4, 0.5) is 0 Å². The second-order valence-corrected chi connectivity index (χ2v) is 8.45. The molecule has 5 rings (SSSR count). The minimum Gasteiger partial charge on any atom is -0.467 e. The maximum absolute atomic E-state index is 5.81. The molecule has 32 heavy (non-hydrogen) atoms. The summed E-state index contributed by atoms with van der Waals surface area (Å²) in [5.74, 6) is 0.935. The van der Waals surface area contributed by atoms with Gasteiger partial charge < -0.3 is 19.2 Å². The number of aryl methyl sites for hydroxylation is 1. The third kappa shape index (κ3) is 3.80. The third-order valence-electron chi connectivity index (χ3n) is 6.08. The van der Waals surface area contributed by atoms with E-state index in [9.17, 15) is 0 Å². The predicted molar refractivity (Wildman–Crippen MR) is 127 cm³/mol. The Labute approximate surface area is 192 Å². The first-order chi connectivity index (χ1) is 15.6. The monoisotopic (exact) mass is 443 g/mol. The predicted octanol–water partition coefficient (Wildman–Crippen LogP) is 4.71. The van der Waals surface area contributed by atoms with Crippen molar-refractivity contribution < 1.29 is 4.42 Å². The van der Waals surface area contributed by atoms with E-state index in [2.05, 4.69) is 50.7 Å². The third-order valence-corrected chi connectivity index (χ3v) is 6.43. The summed E-state index contributed by atoms with van der Waals surface area (Å²) >= 11 is 5.81. The van der Waals surface area contributed by atoms with Crippen LogP contribution in [-0.4, -0.2) is 24.5 Å². The van der Waals surface area contributed by atoms with Gasteiger partial charge in [0, 0.05) is 23.8 Å². The van der Waals surface area contributed by atoms with Gasteiger partial charge in [-0.1, -0.05) is 12.1 Å². The molecule has 6 nitrogen and oxygen atoms in total. The second kappa shape index (κ2) is 8.59. The molecule has 1 aliphatic rings. The van der Waals surface area contributed by atoms with E-state index in [0.717, 1.165) is 17.1 Å². The molecule has 1 saturated heterocycles. The molecular formula is C25H25N5OS. The summed E-state index contributed by atoms with van der Waals surface area (Å²) < 4.78 is 7.90. The summed E-state index contributed by atoms with van der Waals surface area (Å²) in [5.41, 5.74) is 5.56. The zero-order valence-corrected chi connectivity index (χ0v) is 18.9. The Morgan fingerprint density at radius 1 is 1.00 bits per heavy atom. The summed E-state index contributed by atoms with van der Waals surface area (Å²) in [7, 11) is 0. The molecule has 4 aromatic rings. The highest BCUT2D eigenvalue weighted by Gasteiger charge is 2.41. The van der Waals surface area contributed by atoms with Crippen LogP contribution in [0, 0.1) is 13.8 Å². The highest BCUT2D eigenvalue weighted by molar-refractivity contribution is 7.80. The number of furan rings is 1. The summed E-state index contributed by atoms with van der Waals surface area (Å²) in [6, 6.07) is 18.1. The van der Waals surface area contributed by atoms with Crippen LogP contribution < -0.4 is 5.32 Å². The lowest BCUT2D eigenvalue weighted by Crippen LogP contribution is -2.29. The molecule has 2 unspecified atom stereocenters. The Kier molecular flexibility index (Phi) is 5.49. The number of hydrogen-bond acceptors (Lipinski definition) is 4. The van der Waals surface area contributed by atoms with Crippen molar-refractivity contribution in [2.24, 2.45) is 0 Å². The van der Waals surface area contributed by atoms with Crippen molar-refractivity contribution >= 4 is 17.3 Å². The van der Waals surface area contributed by atoms with Crippen molar-refractivity contribution in [3.63, 3.8) is 0 Å². The molecule has 0 radical (unpaired) electrons. The standard InChI is InChI=1S/C25H25N5OS/c1-17-14-21(18(2)29(17)16-20-9-7-13-31-20)24-23(22-10-4-6-12-27-22)28-25(32)30(24)15-19-8-3-5-11-26-19/h3-14,23-24H,15-16H2,1-2H3,(H,28,32). The van der Waals surface area contributed by atoms with Crippen molar-refractivity contribution in [2.45, 2.75) is 39.0 Å². The van der Waals surface area contributed by atoms with E-state index in [0.29, 0.717) is 18.2 Å². The van der Waals surface area contributed by atoms with Gasteiger partial charge >= 0.3 is 0 Å². The minimum atomic E-state index is -0.0509. The number of pyridine rings is 2. The second-order valence-electron chi connectivity index (χ2n) is 8.07. The van der Waals surface area contributed by atoms with E-state index in [4.69, 9.17) is 16.6 Å². The molecule has 4 aromatic heterocycles. The molecule has 162 valence electrons. The van der Waals surface area contributed by atoms with Crippen LogP contribution in [0.3, 0.4) is 0 Å². The van der Waals surface area contributed by atoms with E-state index < -0.39 is 0 Å². The number of nitrogens with one attached hydrogen (secondary N) is 1. The highest BCUT2D eigenvalue weighted by Crippen LogP contribution is 2.41. The van der Waals surface area contributed by atoms with Crippen LogP contribution in [0.15, 0.2) is 77.7 Å². The van der Waals surface area contributed by atoms with E-state index in [-0.39, 0.29) is 12.1 Å². The molecule has 0 bridgehead atoms. The maximum Gasteiger partial charge on any atom is 0.170 e. The van der Waals surface area contributed by atoms with Crippen LogP contribution >= 0.6 is 12.2 Å². The molecule has 0 saturated carbocycles. The van der Waals surface area contributed by atoms with Crippen LogP contribution in [-0.2, 0) is 13.1 Å². The number of thiocarbonyl (C=S) groups is 1. The first-order valence-corrected chi connectivity index (χ1v) is 11.1. The molecule has 7 heteroatoms. The maximum atomic E-state index is 5.81. The molecule has 0 aromatic carbocycles. The summed E-state index contributed by atoms with van der Waals surface area (Å²) in [5, 5.41) is 4.24. The normalized spacial score (nSPS) is 18.2. The number of hydrogen-bond donors (Lipinski definition) is 1. The number of nitrogens with zero attached hydrogens (tertiary/aromatic N) is 4. The zero-order valence-electron chi connectivity index (χ0n) is 18.1. The van der Waals surface area contributed by atoms with Crippen LogP contribution in [0.5, 0.6) is 0 Å². The first kappa shape index (κ1) is 20.5.